The van der Waals surface area contributed by atoms with E-state index in [9.17, 15) is 15.0 Å². The van der Waals surface area contributed by atoms with E-state index in [4.69, 9.17) is 40.3 Å². The lowest BCUT2D eigenvalue weighted by Gasteiger charge is -2.47. The summed E-state index contributed by atoms with van der Waals surface area (Å²) in [5.41, 5.74) is 2.30. The van der Waals surface area contributed by atoms with Crippen LogP contribution in [0.1, 0.15) is 45.2 Å². The number of hydrogen-bond acceptors (Lipinski definition) is 11. The van der Waals surface area contributed by atoms with E-state index < -0.39 is 20.0 Å². The third-order valence-corrected chi connectivity index (χ3v) is 15.3. The molecule has 1 aromatic carbocycles. The summed E-state index contributed by atoms with van der Waals surface area (Å²) in [6.07, 6.45) is 6.67. The van der Waals surface area contributed by atoms with Gasteiger partial charge < -0.3 is 27.7 Å². The quantitative estimate of drug-likeness (QED) is 0.0507. The third kappa shape index (κ3) is 7.89. The van der Waals surface area contributed by atoms with Crippen LogP contribution in [0.5, 0.6) is 5.88 Å². The van der Waals surface area contributed by atoms with Gasteiger partial charge in [-0.05, 0) is 47.8 Å². The standard InChI is InChI=1S/C30H40N7O7PSSi/c1-30(2,3)47(4,5)44-19-24-22(18-43-45(40,46)42-15-6-12-31)17-25(24)36-20-33-26-27(34-29-32-13-14-35(29)28(26)36)41-16-11-21-7-9-23(10-8-21)37(38)39/h7-10,13-14,20,22,24-25H,6,11,15-19H2,1-5H3,(H,40,46)/t22-,24-,25-,45?/m1/s1. The number of non-ortho nitro benzene ring substituents is 1. The number of imidazole rings is 2. The zero-order chi connectivity index (χ0) is 34.0. The Labute approximate surface area is 279 Å². The molecular formula is C30H40N7O7PSSi. The van der Waals surface area contributed by atoms with Crippen LogP contribution in [0, 0.1) is 33.3 Å². The fraction of sp³-hybridized carbons (Fsp3) is 0.533. The molecule has 3 aromatic heterocycles. The second-order valence-electron chi connectivity index (χ2n) is 13.2. The second kappa shape index (κ2) is 14.1. The van der Waals surface area contributed by atoms with Crippen molar-refractivity contribution in [1.82, 2.24) is 23.9 Å². The lowest BCUT2D eigenvalue weighted by atomic mass is 9.70. The maximum atomic E-state index is 11.0. The van der Waals surface area contributed by atoms with Crippen LogP contribution in [-0.4, -0.2) is 68.5 Å². The van der Waals surface area contributed by atoms with E-state index >= 15 is 0 Å². The number of benzene rings is 1. The summed E-state index contributed by atoms with van der Waals surface area (Å²) >= 11 is 5.19. The van der Waals surface area contributed by atoms with Gasteiger partial charge in [0.1, 0.15) is 0 Å². The van der Waals surface area contributed by atoms with Gasteiger partial charge in [-0.25, -0.2) is 9.97 Å². The highest BCUT2D eigenvalue weighted by molar-refractivity contribution is 8.07. The molecule has 4 aromatic rings. The van der Waals surface area contributed by atoms with Gasteiger partial charge in [-0.2, -0.15) is 10.2 Å². The minimum Gasteiger partial charge on any atom is -0.476 e. The van der Waals surface area contributed by atoms with Crippen molar-refractivity contribution in [2.75, 3.05) is 26.4 Å². The van der Waals surface area contributed by atoms with Crippen LogP contribution in [0.2, 0.25) is 18.1 Å². The Balaban J connectivity index is 1.38. The summed E-state index contributed by atoms with van der Waals surface area (Å²) in [5, 5.41) is 19.8. The Morgan fingerprint density at radius 3 is 2.62 bits per heavy atom. The Kier molecular flexibility index (Phi) is 10.5. The van der Waals surface area contributed by atoms with Gasteiger partial charge in [0.25, 0.3) is 5.69 Å². The van der Waals surface area contributed by atoms with Crippen molar-refractivity contribution < 1.29 is 28.0 Å². The monoisotopic (exact) mass is 701 g/mol. The number of rotatable bonds is 15. The van der Waals surface area contributed by atoms with Crippen molar-refractivity contribution in [2.45, 2.75) is 64.2 Å². The van der Waals surface area contributed by atoms with Crippen molar-refractivity contribution >= 4 is 49.5 Å². The van der Waals surface area contributed by atoms with Crippen LogP contribution >= 0.6 is 6.72 Å². The molecule has 1 aliphatic rings. The number of nitrogens with zero attached hydrogens (tertiary/aromatic N) is 7. The predicted molar refractivity (Wildman–Crippen MR) is 181 cm³/mol. The lowest BCUT2D eigenvalue weighted by molar-refractivity contribution is -0.384. The Morgan fingerprint density at radius 1 is 1.19 bits per heavy atom. The largest absolute Gasteiger partial charge is 0.476 e. The molecule has 47 heavy (non-hydrogen) atoms. The number of hydrogen-bond donors (Lipinski definition) is 1. The summed E-state index contributed by atoms with van der Waals surface area (Å²) in [6.45, 7) is 8.56. The topological polar surface area (TPSA) is 172 Å². The highest BCUT2D eigenvalue weighted by Crippen LogP contribution is 2.51. The van der Waals surface area contributed by atoms with Gasteiger partial charge in [0.15, 0.2) is 19.5 Å². The number of nitro benzene ring substituents is 1. The molecule has 0 saturated heterocycles. The first kappa shape index (κ1) is 35.0. The molecule has 3 heterocycles. The third-order valence-electron chi connectivity index (χ3n) is 9.16. The number of fused-ring (bicyclic) bond motifs is 3. The van der Waals surface area contributed by atoms with Crippen molar-refractivity contribution in [3.8, 4) is 11.9 Å². The van der Waals surface area contributed by atoms with Crippen molar-refractivity contribution in [2.24, 2.45) is 11.8 Å². The average Bonchev–Trinajstić information content (AvgIpc) is 3.63. The number of ether oxygens (including phenoxy) is 1. The maximum Gasteiger partial charge on any atom is 0.324 e. The highest BCUT2D eigenvalue weighted by Gasteiger charge is 2.46. The molecule has 1 aliphatic carbocycles. The normalized spacial score (nSPS) is 19.7. The summed E-state index contributed by atoms with van der Waals surface area (Å²) in [7, 11) is -2.09. The van der Waals surface area contributed by atoms with Crippen molar-refractivity contribution in [1.29, 1.82) is 5.26 Å². The first-order valence-electron chi connectivity index (χ1n) is 15.4. The minimum absolute atomic E-state index is 0.00428. The van der Waals surface area contributed by atoms with Gasteiger partial charge >= 0.3 is 6.72 Å². The SMILES string of the molecule is CC(C)(C)[Si](C)(C)OC[C@@H]1[C@@H](COP(O)(=S)OCCC#N)C[C@H]1n1cnc2c(OCCc3ccc([N+](=O)[O-])cc3)nc3nccn3c21. The number of nitriles is 1. The molecule has 1 N–H and O–H groups in total. The molecule has 1 unspecified atom stereocenters. The number of aromatic nitrogens is 5. The van der Waals surface area contributed by atoms with Crippen molar-refractivity contribution in [3.05, 3.63) is 58.7 Å². The lowest BCUT2D eigenvalue weighted by Crippen LogP contribution is -2.48. The van der Waals surface area contributed by atoms with Gasteiger partial charge in [-0.15, -0.1) is 0 Å². The van der Waals surface area contributed by atoms with Gasteiger partial charge in [0, 0.05) is 49.5 Å². The Hall–Kier alpha value is -3.29. The minimum atomic E-state index is -3.49. The van der Waals surface area contributed by atoms with E-state index in [1.165, 1.54) is 12.1 Å². The fourth-order valence-electron chi connectivity index (χ4n) is 5.32. The van der Waals surface area contributed by atoms with Crippen LogP contribution in [0.25, 0.3) is 16.9 Å². The molecule has 1 fully saturated rings. The van der Waals surface area contributed by atoms with E-state index in [-0.39, 0.29) is 48.2 Å². The smallest absolute Gasteiger partial charge is 0.324 e. The molecular weight excluding hydrogens is 661 g/mol. The van der Waals surface area contributed by atoms with Gasteiger partial charge in [-0.3, -0.25) is 14.5 Å². The molecule has 1 saturated carbocycles. The van der Waals surface area contributed by atoms with E-state index in [1.807, 2.05) is 16.7 Å². The fourth-order valence-corrected chi connectivity index (χ4v) is 7.54. The Morgan fingerprint density at radius 2 is 1.94 bits per heavy atom. The number of nitro groups is 1. The molecule has 17 heteroatoms. The predicted octanol–water partition coefficient (Wildman–Crippen LogP) is 5.97. The van der Waals surface area contributed by atoms with Gasteiger partial charge in [0.05, 0.1) is 43.6 Å². The molecule has 252 valence electrons. The van der Waals surface area contributed by atoms with E-state index in [0.29, 0.717) is 36.8 Å². The average molecular weight is 702 g/mol. The van der Waals surface area contributed by atoms with Crippen LogP contribution in [0.3, 0.4) is 0 Å². The summed E-state index contributed by atoms with van der Waals surface area (Å²) < 4.78 is 27.9. The van der Waals surface area contributed by atoms with Crippen LogP contribution < -0.4 is 4.74 Å². The first-order chi connectivity index (χ1) is 22.2. The van der Waals surface area contributed by atoms with E-state index in [1.54, 1.807) is 24.7 Å². The molecule has 0 aliphatic heterocycles. The Bertz CT molecular complexity index is 1820. The highest BCUT2D eigenvalue weighted by atomic mass is 32.5. The maximum absolute atomic E-state index is 11.0. The molecule has 0 bridgehead atoms. The first-order valence-corrected chi connectivity index (χ1v) is 20.9. The van der Waals surface area contributed by atoms with E-state index in [0.717, 1.165) is 17.6 Å². The molecule has 4 atom stereocenters. The van der Waals surface area contributed by atoms with Gasteiger partial charge in [0.2, 0.25) is 11.7 Å². The van der Waals surface area contributed by atoms with Crippen LogP contribution in [0.4, 0.5) is 5.69 Å². The zero-order valence-corrected chi connectivity index (χ0v) is 29.8. The van der Waals surface area contributed by atoms with Crippen LogP contribution in [0.15, 0.2) is 43.0 Å². The van der Waals surface area contributed by atoms with E-state index in [2.05, 4.69) is 48.4 Å². The molecule has 5 rings (SSSR count). The summed E-state index contributed by atoms with van der Waals surface area (Å²) in [5.74, 6) is 0.874. The summed E-state index contributed by atoms with van der Waals surface area (Å²) in [4.78, 5) is 34.9. The molecule has 0 amide bonds. The zero-order valence-electron chi connectivity index (χ0n) is 27.1. The van der Waals surface area contributed by atoms with Crippen molar-refractivity contribution in [3.63, 3.8) is 0 Å². The molecule has 0 spiro atoms. The molecule has 0 radical (unpaired) electrons. The summed E-state index contributed by atoms with van der Waals surface area (Å²) in [6, 6.07) is 8.35. The van der Waals surface area contributed by atoms with Crippen LogP contribution in [-0.2, 0) is 31.7 Å². The van der Waals surface area contributed by atoms with Gasteiger partial charge in [-0.1, -0.05) is 32.9 Å². The second-order valence-corrected chi connectivity index (χ2v) is 20.8. The molecule has 14 nitrogen and oxygen atoms in total.